The lowest BCUT2D eigenvalue weighted by Crippen LogP contribution is -2.09. The van der Waals surface area contributed by atoms with E-state index in [0.29, 0.717) is 16.0 Å². The van der Waals surface area contributed by atoms with Gasteiger partial charge in [0, 0.05) is 44.5 Å². The van der Waals surface area contributed by atoms with Gasteiger partial charge in [-0.15, -0.1) is 0 Å². The summed E-state index contributed by atoms with van der Waals surface area (Å²) in [6, 6.07) is -5.81. The zero-order valence-corrected chi connectivity index (χ0v) is 28.5. The van der Waals surface area contributed by atoms with E-state index < -0.39 is 196 Å². The Labute approximate surface area is 358 Å². The number of rotatable bonds is 8. The van der Waals surface area contributed by atoms with Crippen LogP contribution in [-0.2, 0) is 0 Å². The van der Waals surface area contributed by atoms with Crippen molar-refractivity contribution < 1.29 is 37.3 Å². The molecule has 0 spiro atoms. The van der Waals surface area contributed by atoms with Gasteiger partial charge in [0.1, 0.15) is 11.2 Å². The van der Waals surface area contributed by atoms with E-state index in [1.807, 2.05) is 0 Å². The fraction of sp³-hybridized carbons (Fsp3) is 0. The number of furan rings is 1. The van der Waals surface area contributed by atoms with E-state index in [2.05, 4.69) is 15.0 Å². The average Bonchev–Trinajstić information content (AvgIpc) is 4.06. The number of para-hydroxylation sites is 1. The van der Waals surface area contributed by atoms with Gasteiger partial charge >= 0.3 is 0 Å². The number of benzene rings is 8. The standard InChI is InChI=1S/C51H34N4O/c1-5-14-35(15-6-1)36-24-29-42(30-25-36)55(41-20-11-4-12-21-41)43-31-26-37(27-32-43)40-28-33-44-47(34-40)56-46-23-13-22-45(48(44)46)51-53-49(38-16-7-2-8-17-38)52-50(54-51)39-18-9-3-10-19-39/h1-34H/i1D,4D,5D,6D,11D,12D,13D,14D,15D,20D,21D,22D,23D,24D,25D,26D,27D,28D,29D,30D,31D,32D,33D,34D. The van der Waals surface area contributed by atoms with Crippen LogP contribution in [0, 0.1) is 0 Å². The van der Waals surface area contributed by atoms with Crippen LogP contribution in [-0.4, -0.2) is 15.0 Å². The van der Waals surface area contributed by atoms with Crippen LogP contribution in [0.15, 0.2) is 210 Å². The molecule has 0 saturated heterocycles. The molecule has 0 aliphatic carbocycles. The summed E-state index contributed by atoms with van der Waals surface area (Å²) in [5.74, 6) is 0.0507. The summed E-state index contributed by atoms with van der Waals surface area (Å²) >= 11 is 0. The third-order valence-corrected chi connectivity index (χ3v) is 8.38. The van der Waals surface area contributed by atoms with Crippen molar-refractivity contribution in [2.24, 2.45) is 0 Å². The van der Waals surface area contributed by atoms with Gasteiger partial charge in [0.05, 0.1) is 32.9 Å². The molecule has 8 aromatic carbocycles. The van der Waals surface area contributed by atoms with Gasteiger partial charge in [0.25, 0.3) is 0 Å². The summed E-state index contributed by atoms with van der Waals surface area (Å²) in [7, 11) is 0. The SMILES string of the molecule is [2H]c1c([2H])c([2H])c(-c2c([2H])c([2H])c(N(c3c([2H])c([2H])c([2H])c([2H])c3[2H])c3c([2H])c([2H])c(-c4c([2H])c([2H])c5c(oc6c([2H])c([2H])c([2H])c(-c7nc(-c8ccccc8)nc(-c8ccccc8)n7)c65)c4[2H])c([2H])c3[2H])c([2H])c2[2H])c([2H])c1[2H]. The summed E-state index contributed by atoms with van der Waals surface area (Å²) in [4.78, 5) is 14.4. The van der Waals surface area contributed by atoms with Crippen molar-refractivity contribution in [3.8, 4) is 56.4 Å². The Morgan fingerprint density at radius 3 is 1.50 bits per heavy atom. The lowest BCUT2D eigenvalue weighted by molar-refractivity contribution is 0.669. The van der Waals surface area contributed by atoms with Crippen molar-refractivity contribution in [1.82, 2.24) is 15.0 Å². The monoisotopic (exact) mass is 742 g/mol. The predicted molar refractivity (Wildman–Crippen MR) is 229 cm³/mol. The molecule has 0 saturated carbocycles. The van der Waals surface area contributed by atoms with Crippen LogP contribution in [0.2, 0.25) is 0 Å². The van der Waals surface area contributed by atoms with Gasteiger partial charge in [-0.2, -0.15) is 0 Å². The highest BCUT2D eigenvalue weighted by molar-refractivity contribution is 6.12. The molecule has 2 heterocycles. The molecule has 0 unspecified atom stereocenters. The van der Waals surface area contributed by atoms with Gasteiger partial charge in [0.2, 0.25) is 0 Å². The van der Waals surface area contributed by atoms with Crippen molar-refractivity contribution in [3.05, 3.63) is 206 Å². The Kier molecular flexibility index (Phi) is 4.19. The lowest BCUT2D eigenvalue weighted by Gasteiger charge is -2.26. The summed E-state index contributed by atoms with van der Waals surface area (Å²) < 4.78 is 221. The van der Waals surface area contributed by atoms with Gasteiger partial charge in [-0.3, -0.25) is 0 Å². The maximum Gasteiger partial charge on any atom is 0.164 e. The van der Waals surface area contributed by atoms with E-state index in [9.17, 15) is 13.7 Å². The Morgan fingerprint density at radius 2 is 0.893 bits per heavy atom. The second kappa shape index (κ2) is 14.3. The highest BCUT2D eigenvalue weighted by Gasteiger charge is 2.19. The topological polar surface area (TPSA) is 55.1 Å². The largest absolute Gasteiger partial charge is 0.456 e. The first kappa shape index (κ1) is 16.4. The van der Waals surface area contributed by atoms with Crippen molar-refractivity contribution >= 4 is 39.0 Å². The molecule has 0 aliphatic rings. The van der Waals surface area contributed by atoms with Crippen LogP contribution in [0.5, 0.6) is 0 Å². The van der Waals surface area contributed by atoms with Crippen LogP contribution in [0.1, 0.15) is 32.9 Å². The Balaban J connectivity index is 1.26. The molecule has 264 valence electrons. The fourth-order valence-corrected chi connectivity index (χ4v) is 5.81. The molecule has 56 heavy (non-hydrogen) atoms. The van der Waals surface area contributed by atoms with Gasteiger partial charge < -0.3 is 9.32 Å². The van der Waals surface area contributed by atoms with Crippen molar-refractivity contribution in [2.45, 2.75) is 0 Å². The zero-order chi connectivity index (χ0) is 58.1. The van der Waals surface area contributed by atoms with Crippen LogP contribution in [0.4, 0.5) is 17.1 Å². The first-order valence-corrected chi connectivity index (χ1v) is 16.7. The molecule has 0 fully saturated rings. The molecule has 10 aromatic rings. The molecule has 10 rings (SSSR count). The average molecular weight is 743 g/mol. The molecule has 0 atom stereocenters. The third-order valence-electron chi connectivity index (χ3n) is 8.38. The molecule has 0 aliphatic heterocycles. The highest BCUT2D eigenvalue weighted by atomic mass is 16.3. The number of hydrogen-bond donors (Lipinski definition) is 0. The van der Waals surface area contributed by atoms with Gasteiger partial charge in [0.15, 0.2) is 17.5 Å². The number of anilines is 3. The number of fused-ring (bicyclic) bond motifs is 3. The van der Waals surface area contributed by atoms with Crippen LogP contribution < -0.4 is 4.90 Å². The minimum atomic E-state index is -1.18. The first-order valence-electron chi connectivity index (χ1n) is 28.7. The van der Waals surface area contributed by atoms with Gasteiger partial charge in [-0.05, 0) is 76.6 Å². The van der Waals surface area contributed by atoms with Gasteiger partial charge in [-0.1, -0.05) is 151 Å². The molecular weight excluding hydrogens is 685 g/mol. The summed E-state index contributed by atoms with van der Waals surface area (Å²) in [5.41, 5.74) is -6.47. The molecule has 5 nitrogen and oxygen atoms in total. The maximum atomic E-state index is 9.57. The Morgan fingerprint density at radius 1 is 0.393 bits per heavy atom. The molecular formula is C51H34N4O. The maximum absolute atomic E-state index is 9.57. The molecule has 0 bridgehead atoms. The first-order chi connectivity index (χ1) is 37.8. The van der Waals surface area contributed by atoms with Crippen LogP contribution in [0.3, 0.4) is 0 Å². The third kappa shape index (κ3) is 6.27. The van der Waals surface area contributed by atoms with E-state index in [0.717, 1.165) is 0 Å². The van der Waals surface area contributed by atoms with Crippen molar-refractivity contribution in [3.63, 3.8) is 0 Å². The summed E-state index contributed by atoms with van der Waals surface area (Å²) in [6.07, 6.45) is 0. The quantitative estimate of drug-likeness (QED) is 0.155. The fourth-order valence-electron chi connectivity index (χ4n) is 5.81. The molecule has 2 aromatic heterocycles. The normalized spacial score (nSPS) is 17.2. The minimum absolute atomic E-state index is 0.132. The van der Waals surface area contributed by atoms with E-state index in [1.54, 1.807) is 60.7 Å². The van der Waals surface area contributed by atoms with Crippen molar-refractivity contribution in [1.29, 1.82) is 0 Å². The molecule has 0 radical (unpaired) electrons. The minimum Gasteiger partial charge on any atom is -0.456 e. The summed E-state index contributed by atoms with van der Waals surface area (Å²) in [6.45, 7) is 0. The van der Waals surface area contributed by atoms with Gasteiger partial charge in [-0.25, -0.2) is 15.0 Å². The molecule has 5 heteroatoms. The van der Waals surface area contributed by atoms with E-state index >= 15 is 0 Å². The number of hydrogen-bond acceptors (Lipinski definition) is 5. The second-order valence-electron chi connectivity index (χ2n) is 11.8. The van der Waals surface area contributed by atoms with E-state index in [1.165, 1.54) is 0 Å². The number of aromatic nitrogens is 3. The Bertz CT molecular complexity index is 4190. The van der Waals surface area contributed by atoms with E-state index in [4.69, 9.17) is 23.6 Å². The second-order valence-corrected chi connectivity index (χ2v) is 11.8. The van der Waals surface area contributed by atoms with Crippen LogP contribution >= 0.6 is 0 Å². The smallest absolute Gasteiger partial charge is 0.164 e. The molecule has 0 N–H and O–H groups in total. The predicted octanol–water partition coefficient (Wildman–Crippen LogP) is 13.6. The lowest BCUT2D eigenvalue weighted by atomic mass is 10.0. The highest BCUT2D eigenvalue weighted by Crippen LogP contribution is 2.40. The summed E-state index contributed by atoms with van der Waals surface area (Å²) in [5, 5.41) is -0.580. The van der Waals surface area contributed by atoms with Crippen molar-refractivity contribution in [2.75, 3.05) is 4.90 Å². The van der Waals surface area contributed by atoms with Crippen LogP contribution in [0.25, 0.3) is 78.4 Å². The van der Waals surface area contributed by atoms with E-state index in [-0.39, 0.29) is 33.8 Å². The Hall–Kier alpha value is -7.63. The number of nitrogens with zero attached hydrogens (tertiary/aromatic N) is 4. The molecule has 0 amide bonds. The zero-order valence-electron chi connectivity index (χ0n) is 52.5.